The van der Waals surface area contributed by atoms with Gasteiger partial charge in [0, 0.05) is 12.8 Å². The first-order chi connectivity index (χ1) is 8.03. The summed E-state index contributed by atoms with van der Waals surface area (Å²) in [5, 5.41) is 10.5. The fourth-order valence-corrected chi connectivity index (χ4v) is 3.85. The second-order valence-electron chi connectivity index (χ2n) is 6.08. The molecule has 17 heavy (non-hydrogen) atoms. The van der Waals surface area contributed by atoms with Crippen LogP contribution in [0.4, 0.5) is 0 Å². The predicted octanol–water partition coefficient (Wildman–Crippen LogP) is 2.25. The lowest BCUT2D eigenvalue weighted by Crippen LogP contribution is -2.39. The molecular formula is C14H22O3. The van der Waals surface area contributed by atoms with E-state index >= 15 is 0 Å². The molecule has 1 N–H and O–H groups in total. The van der Waals surface area contributed by atoms with Gasteiger partial charge in [0.25, 0.3) is 0 Å². The van der Waals surface area contributed by atoms with Crippen LogP contribution in [-0.4, -0.2) is 29.7 Å². The third-order valence-electron chi connectivity index (χ3n) is 4.94. The first kappa shape index (κ1) is 11.7. The summed E-state index contributed by atoms with van der Waals surface area (Å²) in [6.45, 7) is 7.55. The number of aliphatic hydroxyl groups is 1. The van der Waals surface area contributed by atoms with Crippen molar-refractivity contribution in [3.63, 3.8) is 0 Å². The highest BCUT2D eigenvalue weighted by atomic mass is 16.7. The minimum absolute atomic E-state index is 0.246. The van der Waals surface area contributed by atoms with Crippen molar-refractivity contribution in [2.24, 2.45) is 11.8 Å². The van der Waals surface area contributed by atoms with Gasteiger partial charge < -0.3 is 14.6 Å². The Bertz CT molecular complexity index is 328. The zero-order chi connectivity index (χ0) is 12.1. The summed E-state index contributed by atoms with van der Waals surface area (Å²) in [7, 11) is 0. The van der Waals surface area contributed by atoms with E-state index < -0.39 is 11.4 Å². The summed E-state index contributed by atoms with van der Waals surface area (Å²) in [6, 6.07) is 0. The summed E-state index contributed by atoms with van der Waals surface area (Å²) in [5.41, 5.74) is 0.698. The molecule has 1 saturated heterocycles. The first-order valence-corrected chi connectivity index (χ1v) is 6.70. The molecule has 96 valence electrons. The van der Waals surface area contributed by atoms with E-state index in [1.165, 1.54) is 5.57 Å². The molecule has 3 atom stereocenters. The highest BCUT2D eigenvalue weighted by Gasteiger charge is 2.52. The van der Waals surface area contributed by atoms with E-state index in [0.29, 0.717) is 19.1 Å². The molecule has 0 radical (unpaired) electrons. The molecule has 0 aromatic carbocycles. The average molecular weight is 238 g/mol. The summed E-state index contributed by atoms with van der Waals surface area (Å²) < 4.78 is 11.7. The molecule has 3 fully saturated rings. The van der Waals surface area contributed by atoms with Crippen molar-refractivity contribution in [3.8, 4) is 0 Å². The van der Waals surface area contributed by atoms with E-state index in [-0.39, 0.29) is 5.92 Å². The van der Waals surface area contributed by atoms with Gasteiger partial charge in [-0.15, -0.1) is 0 Å². The van der Waals surface area contributed by atoms with Gasteiger partial charge in [-0.2, -0.15) is 0 Å². The Morgan fingerprint density at radius 1 is 1.29 bits per heavy atom. The van der Waals surface area contributed by atoms with Crippen molar-refractivity contribution < 1.29 is 14.6 Å². The molecule has 3 nitrogen and oxygen atoms in total. The SMILES string of the molecule is C=C1CCC2(C[C@@H]3[C@H]1CC[C@]3(C)O)OCCO2. The molecule has 0 amide bonds. The summed E-state index contributed by atoms with van der Waals surface area (Å²) in [5.74, 6) is 0.268. The number of ether oxygens (including phenoxy) is 2. The van der Waals surface area contributed by atoms with Gasteiger partial charge in [-0.3, -0.25) is 0 Å². The number of hydrogen-bond donors (Lipinski definition) is 1. The largest absolute Gasteiger partial charge is 0.390 e. The zero-order valence-corrected chi connectivity index (χ0v) is 10.6. The average Bonchev–Trinajstić information content (AvgIpc) is 2.79. The van der Waals surface area contributed by atoms with Crippen molar-refractivity contribution >= 4 is 0 Å². The smallest absolute Gasteiger partial charge is 0.169 e. The van der Waals surface area contributed by atoms with Gasteiger partial charge in [-0.05, 0) is 38.0 Å². The van der Waals surface area contributed by atoms with Gasteiger partial charge in [-0.25, -0.2) is 0 Å². The lowest BCUT2D eigenvalue weighted by Gasteiger charge is -2.34. The molecule has 3 rings (SSSR count). The lowest BCUT2D eigenvalue weighted by molar-refractivity contribution is -0.182. The van der Waals surface area contributed by atoms with Crippen LogP contribution < -0.4 is 0 Å². The standard InChI is InChI=1S/C14H22O3/c1-10-3-6-14(16-7-8-17-14)9-12-11(10)4-5-13(12,2)15/h11-12,15H,1,3-9H2,2H3/t11-,12+,13-/m0/s1. The van der Waals surface area contributed by atoms with Gasteiger partial charge in [0.1, 0.15) is 0 Å². The van der Waals surface area contributed by atoms with Crippen LogP contribution >= 0.6 is 0 Å². The van der Waals surface area contributed by atoms with E-state index in [1.54, 1.807) is 0 Å². The summed E-state index contributed by atoms with van der Waals surface area (Å²) >= 11 is 0. The molecule has 1 aliphatic heterocycles. The number of fused-ring (bicyclic) bond motifs is 1. The van der Waals surface area contributed by atoms with Crippen LogP contribution in [0.1, 0.15) is 39.0 Å². The maximum Gasteiger partial charge on any atom is 0.169 e. The van der Waals surface area contributed by atoms with Crippen LogP contribution in [0.5, 0.6) is 0 Å². The van der Waals surface area contributed by atoms with Crippen LogP contribution in [0.2, 0.25) is 0 Å². The van der Waals surface area contributed by atoms with Crippen molar-refractivity contribution in [1.29, 1.82) is 0 Å². The van der Waals surface area contributed by atoms with E-state index in [9.17, 15) is 5.11 Å². The zero-order valence-electron chi connectivity index (χ0n) is 10.6. The number of rotatable bonds is 0. The van der Waals surface area contributed by atoms with Crippen LogP contribution in [0.15, 0.2) is 12.2 Å². The third-order valence-corrected chi connectivity index (χ3v) is 4.94. The molecule has 0 unspecified atom stereocenters. The molecule has 3 aliphatic rings. The van der Waals surface area contributed by atoms with Gasteiger partial charge in [0.2, 0.25) is 0 Å². The fraction of sp³-hybridized carbons (Fsp3) is 0.857. The topological polar surface area (TPSA) is 38.7 Å². The van der Waals surface area contributed by atoms with Gasteiger partial charge in [0.05, 0.1) is 18.8 Å². The van der Waals surface area contributed by atoms with Crippen molar-refractivity contribution in [2.45, 2.75) is 50.4 Å². The van der Waals surface area contributed by atoms with Crippen molar-refractivity contribution in [2.75, 3.05) is 13.2 Å². The van der Waals surface area contributed by atoms with Crippen LogP contribution in [0.25, 0.3) is 0 Å². The monoisotopic (exact) mass is 238 g/mol. The quantitative estimate of drug-likeness (QED) is 0.658. The van der Waals surface area contributed by atoms with E-state index in [1.807, 2.05) is 6.92 Å². The van der Waals surface area contributed by atoms with Crippen LogP contribution in [0, 0.1) is 11.8 Å². The Hall–Kier alpha value is -0.380. The van der Waals surface area contributed by atoms with Crippen molar-refractivity contribution in [3.05, 3.63) is 12.2 Å². The molecule has 1 heterocycles. The highest BCUT2D eigenvalue weighted by Crippen LogP contribution is 2.52. The Balaban J connectivity index is 1.89. The van der Waals surface area contributed by atoms with Crippen LogP contribution in [-0.2, 0) is 9.47 Å². The Labute approximate surface area is 103 Å². The van der Waals surface area contributed by atoms with E-state index in [2.05, 4.69) is 6.58 Å². The van der Waals surface area contributed by atoms with Crippen molar-refractivity contribution in [1.82, 2.24) is 0 Å². The molecule has 0 bridgehead atoms. The summed E-state index contributed by atoms with van der Waals surface area (Å²) in [4.78, 5) is 0. The molecule has 0 aromatic rings. The summed E-state index contributed by atoms with van der Waals surface area (Å²) in [6.07, 6.45) is 4.62. The molecule has 2 aliphatic carbocycles. The molecule has 1 spiro atoms. The first-order valence-electron chi connectivity index (χ1n) is 6.70. The Morgan fingerprint density at radius 3 is 2.71 bits per heavy atom. The fourth-order valence-electron chi connectivity index (χ4n) is 3.85. The highest BCUT2D eigenvalue weighted by molar-refractivity contribution is 5.14. The third kappa shape index (κ3) is 1.85. The minimum Gasteiger partial charge on any atom is -0.390 e. The van der Waals surface area contributed by atoms with Gasteiger partial charge in [0.15, 0.2) is 5.79 Å². The second kappa shape index (κ2) is 3.81. The van der Waals surface area contributed by atoms with Crippen LogP contribution in [0.3, 0.4) is 0 Å². The lowest BCUT2D eigenvalue weighted by atomic mass is 9.81. The van der Waals surface area contributed by atoms with Gasteiger partial charge in [-0.1, -0.05) is 12.2 Å². The Morgan fingerprint density at radius 2 is 2.00 bits per heavy atom. The molecule has 0 aromatic heterocycles. The van der Waals surface area contributed by atoms with Gasteiger partial charge >= 0.3 is 0 Å². The molecule has 3 heteroatoms. The normalized spacial score (nSPS) is 44.9. The van der Waals surface area contributed by atoms with E-state index in [0.717, 1.165) is 32.1 Å². The number of hydrogen-bond acceptors (Lipinski definition) is 3. The maximum absolute atomic E-state index is 10.5. The number of allylic oxidation sites excluding steroid dienone is 1. The minimum atomic E-state index is -0.583. The second-order valence-corrected chi connectivity index (χ2v) is 6.08. The maximum atomic E-state index is 10.5. The Kier molecular flexibility index (Phi) is 2.62. The van der Waals surface area contributed by atoms with E-state index in [4.69, 9.17) is 9.47 Å². The molecular weight excluding hydrogens is 216 g/mol. The molecule has 2 saturated carbocycles. The predicted molar refractivity (Wildman–Crippen MR) is 64.5 cm³/mol.